The maximum atomic E-state index is 3.62. The highest BCUT2D eigenvalue weighted by atomic mass is 32.1. The average molecular weight is 252 g/mol. The van der Waals surface area contributed by atoms with Crippen molar-refractivity contribution in [1.29, 1.82) is 0 Å². The molecule has 1 saturated carbocycles. The van der Waals surface area contributed by atoms with Crippen molar-refractivity contribution in [2.45, 2.75) is 45.2 Å². The number of nitrogens with one attached hydrogen (secondary N) is 1. The van der Waals surface area contributed by atoms with Crippen LogP contribution in [-0.4, -0.2) is 31.1 Å². The largest absolute Gasteiger partial charge is 0.308 e. The molecule has 17 heavy (non-hydrogen) atoms. The predicted molar refractivity (Wildman–Crippen MR) is 75.8 cm³/mol. The highest BCUT2D eigenvalue weighted by Crippen LogP contribution is 2.25. The lowest BCUT2D eigenvalue weighted by molar-refractivity contribution is 0.317. The third-order valence-corrected chi connectivity index (χ3v) is 4.96. The van der Waals surface area contributed by atoms with Crippen molar-refractivity contribution in [3.8, 4) is 0 Å². The SMILES string of the molecule is CCc1ccc(C(C)NCCN(C)C2CC2)s1. The first-order valence-corrected chi connectivity index (χ1v) is 7.54. The van der Waals surface area contributed by atoms with E-state index in [4.69, 9.17) is 0 Å². The van der Waals surface area contributed by atoms with Gasteiger partial charge in [-0.2, -0.15) is 0 Å². The summed E-state index contributed by atoms with van der Waals surface area (Å²) < 4.78 is 0. The van der Waals surface area contributed by atoms with Gasteiger partial charge in [0.15, 0.2) is 0 Å². The summed E-state index contributed by atoms with van der Waals surface area (Å²) in [6, 6.07) is 5.90. The molecule has 2 rings (SSSR count). The molecule has 1 aromatic heterocycles. The maximum Gasteiger partial charge on any atom is 0.0386 e. The van der Waals surface area contributed by atoms with Crippen molar-refractivity contribution in [2.75, 3.05) is 20.1 Å². The van der Waals surface area contributed by atoms with Gasteiger partial charge in [0.2, 0.25) is 0 Å². The Morgan fingerprint density at radius 3 is 2.82 bits per heavy atom. The van der Waals surface area contributed by atoms with E-state index in [2.05, 4.69) is 43.2 Å². The van der Waals surface area contributed by atoms with Crippen LogP contribution in [0.5, 0.6) is 0 Å². The number of rotatable bonds is 7. The Bertz CT molecular complexity index is 344. The summed E-state index contributed by atoms with van der Waals surface area (Å²) in [6.45, 7) is 6.75. The zero-order chi connectivity index (χ0) is 12.3. The monoisotopic (exact) mass is 252 g/mol. The van der Waals surface area contributed by atoms with E-state index < -0.39 is 0 Å². The molecule has 0 amide bonds. The quantitative estimate of drug-likeness (QED) is 0.802. The number of hydrogen-bond donors (Lipinski definition) is 1. The van der Waals surface area contributed by atoms with Gasteiger partial charge >= 0.3 is 0 Å². The highest BCUT2D eigenvalue weighted by Gasteiger charge is 2.25. The fraction of sp³-hybridized carbons (Fsp3) is 0.714. The molecule has 1 aliphatic carbocycles. The molecular formula is C14H24N2S. The van der Waals surface area contributed by atoms with Crippen LogP contribution >= 0.6 is 11.3 Å². The van der Waals surface area contributed by atoms with E-state index in [0.29, 0.717) is 6.04 Å². The van der Waals surface area contributed by atoms with Gasteiger partial charge in [0, 0.05) is 34.9 Å². The van der Waals surface area contributed by atoms with Crippen molar-refractivity contribution >= 4 is 11.3 Å². The van der Waals surface area contributed by atoms with E-state index in [-0.39, 0.29) is 0 Å². The molecule has 1 fully saturated rings. The number of thiophene rings is 1. The van der Waals surface area contributed by atoms with Crippen LogP contribution in [0.15, 0.2) is 12.1 Å². The van der Waals surface area contributed by atoms with Gasteiger partial charge in [0.1, 0.15) is 0 Å². The molecule has 1 heterocycles. The molecule has 0 spiro atoms. The Labute approximate surface area is 109 Å². The van der Waals surface area contributed by atoms with Crippen LogP contribution in [0, 0.1) is 0 Å². The fourth-order valence-corrected chi connectivity index (χ4v) is 3.05. The molecule has 2 nitrogen and oxygen atoms in total. The van der Waals surface area contributed by atoms with Gasteiger partial charge in [-0.05, 0) is 45.4 Å². The Morgan fingerprint density at radius 2 is 2.24 bits per heavy atom. The van der Waals surface area contributed by atoms with E-state index in [1.54, 1.807) is 0 Å². The lowest BCUT2D eigenvalue weighted by Crippen LogP contribution is -2.31. The van der Waals surface area contributed by atoms with Gasteiger partial charge in [-0.25, -0.2) is 0 Å². The van der Waals surface area contributed by atoms with Crippen LogP contribution in [0.2, 0.25) is 0 Å². The van der Waals surface area contributed by atoms with Crippen LogP contribution in [0.25, 0.3) is 0 Å². The van der Waals surface area contributed by atoms with Gasteiger partial charge < -0.3 is 10.2 Å². The van der Waals surface area contributed by atoms with Crippen LogP contribution in [0.1, 0.15) is 42.5 Å². The molecule has 1 aromatic rings. The molecular weight excluding hydrogens is 228 g/mol. The zero-order valence-electron chi connectivity index (χ0n) is 11.2. The van der Waals surface area contributed by atoms with E-state index in [0.717, 1.165) is 19.0 Å². The molecule has 1 unspecified atom stereocenters. The Hall–Kier alpha value is -0.380. The van der Waals surface area contributed by atoms with Gasteiger partial charge in [-0.15, -0.1) is 11.3 Å². The standard InChI is InChI=1S/C14H24N2S/c1-4-13-7-8-14(17-13)11(2)15-9-10-16(3)12-5-6-12/h7-8,11-12,15H,4-6,9-10H2,1-3H3. The molecule has 0 aromatic carbocycles. The minimum absolute atomic E-state index is 0.493. The Kier molecular flexibility index (Phi) is 4.60. The van der Waals surface area contributed by atoms with Crippen LogP contribution in [0.3, 0.4) is 0 Å². The summed E-state index contributed by atoms with van der Waals surface area (Å²) >= 11 is 1.94. The van der Waals surface area contributed by atoms with E-state index >= 15 is 0 Å². The van der Waals surface area contributed by atoms with Crippen LogP contribution in [0.4, 0.5) is 0 Å². The smallest absolute Gasteiger partial charge is 0.0386 e. The van der Waals surface area contributed by atoms with Gasteiger partial charge in [0.05, 0.1) is 0 Å². The third kappa shape index (κ3) is 3.80. The molecule has 0 radical (unpaired) electrons. The molecule has 96 valence electrons. The zero-order valence-corrected chi connectivity index (χ0v) is 12.0. The summed E-state index contributed by atoms with van der Waals surface area (Å²) in [4.78, 5) is 5.44. The first-order chi connectivity index (χ1) is 8.20. The summed E-state index contributed by atoms with van der Waals surface area (Å²) in [5.74, 6) is 0. The van der Waals surface area contributed by atoms with Crippen molar-refractivity contribution in [1.82, 2.24) is 10.2 Å². The van der Waals surface area contributed by atoms with E-state index in [1.165, 1.54) is 29.1 Å². The molecule has 1 atom stereocenters. The molecule has 0 bridgehead atoms. The second kappa shape index (κ2) is 5.98. The normalized spacial score (nSPS) is 17.6. The second-order valence-electron chi connectivity index (χ2n) is 5.05. The number of nitrogens with zero attached hydrogens (tertiary/aromatic N) is 1. The first-order valence-electron chi connectivity index (χ1n) is 6.73. The molecule has 3 heteroatoms. The highest BCUT2D eigenvalue weighted by molar-refractivity contribution is 7.12. The lowest BCUT2D eigenvalue weighted by atomic mass is 10.2. The first kappa shape index (κ1) is 13.1. The predicted octanol–water partition coefficient (Wildman–Crippen LogP) is 3.06. The lowest BCUT2D eigenvalue weighted by Gasteiger charge is -2.18. The molecule has 0 aliphatic heterocycles. The third-order valence-electron chi connectivity index (χ3n) is 3.54. The van der Waals surface area contributed by atoms with Crippen LogP contribution < -0.4 is 5.32 Å². The molecule has 1 aliphatic rings. The van der Waals surface area contributed by atoms with Crippen molar-refractivity contribution in [2.24, 2.45) is 0 Å². The van der Waals surface area contributed by atoms with Crippen molar-refractivity contribution < 1.29 is 0 Å². The molecule has 0 saturated heterocycles. The van der Waals surface area contributed by atoms with Crippen molar-refractivity contribution in [3.63, 3.8) is 0 Å². The van der Waals surface area contributed by atoms with Crippen LogP contribution in [-0.2, 0) is 6.42 Å². The van der Waals surface area contributed by atoms with Gasteiger partial charge in [-0.1, -0.05) is 6.92 Å². The Morgan fingerprint density at radius 1 is 1.47 bits per heavy atom. The molecule has 1 N–H and O–H groups in total. The number of aryl methyl sites for hydroxylation is 1. The van der Waals surface area contributed by atoms with Gasteiger partial charge in [-0.3, -0.25) is 0 Å². The average Bonchev–Trinajstić information content (AvgIpc) is 3.06. The number of hydrogen-bond acceptors (Lipinski definition) is 3. The minimum Gasteiger partial charge on any atom is -0.308 e. The van der Waals surface area contributed by atoms with E-state index in [9.17, 15) is 0 Å². The summed E-state index contributed by atoms with van der Waals surface area (Å²) in [5.41, 5.74) is 0. The summed E-state index contributed by atoms with van der Waals surface area (Å²) in [5, 5.41) is 3.62. The second-order valence-corrected chi connectivity index (χ2v) is 6.25. The summed E-state index contributed by atoms with van der Waals surface area (Å²) in [7, 11) is 2.24. The van der Waals surface area contributed by atoms with Crippen molar-refractivity contribution in [3.05, 3.63) is 21.9 Å². The topological polar surface area (TPSA) is 15.3 Å². The Balaban J connectivity index is 1.70. The fourth-order valence-electron chi connectivity index (χ4n) is 2.07. The van der Waals surface area contributed by atoms with Gasteiger partial charge in [0.25, 0.3) is 0 Å². The maximum absolute atomic E-state index is 3.62. The summed E-state index contributed by atoms with van der Waals surface area (Å²) in [6.07, 6.45) is 3.95. The number of likely N-dealkylation sites (N-methyl/N-ethyl adjacent to an activating group) is 1. The minimum atomic E-state index is 0.493. The van der Waals surface area contributed by atoms with E-state index in [1.807, 2.05) is 11.3 Å².